The number of benzene rings is 2. The first-order valence-electron chi connectivity index (χ1n) is 9.34. The predicted molar refractivity (Wildman–Crippen MR) is 110 cm³/mol. The van der Waals surface area contributed by atoms with Gasteiger partial charge in [0.15, 0.2) is 0 Å². The van der Waals surface area contributed by atoms with E-state index < -0.39 is 27.3 Å². The number of amides is 1. The summed E-state index contributed by atoms with van der Waals surface area (Å²) < 4.78 is 26.9. The summed E-state index contributed by atoms with van der Waals surface area (Å²) >= 11 is 0. The molecule has 1 amide bonds. The van der Waals surface area contributed by atoms with Crippen LogP contribution in [0.2, 0.25) is 0 Å². The highest BCUT2D eigenvalue weighted by atomic mass is 32.2. The first-order chi connectivity index (χ1) is 13.3. The Morgan fingerprint density at radius 2 is 1.79 bits per heavy atom. The molecule has 1 fully saturated rings. The van der Waals surface area contributed by atoms with Gasteiger partial charge in [-0.05, 0) is 68.5 Å². The van der Waals surface area contributed by atoms with Crippen molar-refractivity contribution in [3.05, 3.63) is 35.9 Å². The van der Waals surface area contributed by atoms with Gasteiger partial charge in [-0.25, -0.2) is 9.03 Å². The Morgan fingerprint density at radius 1 is 1.10 bits per heavy atom. The molecule has 158 valence electrons. The normalized spacial score (nSPS) is 18.7. The third kappa shape index (κ3) is 4.31. The van der Waals surface area contributed by atoms with Crippen LogP contribution in [0.1, 0.15) is 39.2 Å². The molecule has 0 spiro atoms. The number of carbonyl (C=O) groups is 1. The summed E-state index contributed by atoms with van der Waals surface area (Å²) in [5, 5.41) is 32.2. The van der Waals surface area contributed by atoms with Gasteiger partial charge < -0.3 is 15.3 Å². The predicted octanol–water partition coefficient (Wildman–Crippen LogP) is 1.57. The zero-order chi connectivity index (χ0) is 21.6. The molecule has 0 bridgehead atoms. The number of phenols is 1. The molecular weight excluding hydrogens is 396 g/mol. The average Bonchev–Trinajstić information content (AvgIpc) is 2.85. The highest BCUT2D eigenvalue weighted by molar-refractivity contribution is 7.92. The topological polar surface area (TPSA) is 127 Å². The number of rotatable bonds is 6. The van der Waals surface area contributed by atoms with Crippen molar-refractivity contribution < 1.29 is 28.5 Å². The van der Waals surface area contributed by atoms with Crippen LogP contribution in [0.15, 0.2) is 30.3 Å². The lowest BCUT2D eigenvalue weighted by Crippen LogP contribution is -2.47. The van der Waals surface area contributed by atoms with E-state index in [1.807, 2.05) is 22.9 Å². The lowest BCUT2D eigenvalue weighted by molar-refractivity contribution is -0.124. The van der Waals surface area contributed by atoms with E-state index in [1.54, 1.807) is 26.8 Å². The number of nitrogens with zero attached hydrogens (tertiary/aromatic N) is 1. The molecule has 1 atom stereocenters. The van der Waals surface area contributed by atoms with Crippen LogP contribution in [0.3, 0.4) is 0 Å². The van der Waals surface area contributed by atoms with Gasteiger partial charge in [-0.1, -0.05) is 18.2 Å². The monoisotopic (exact) mass is 422 g/mol. The summed E-state index contributed by atoms with van der Waals surface area (Å²) in [5.41, 5.74) is -1.42. The molecule has 0 saturated carbocycles. The number of aliphatic hydroxyl groups is 2. The van der Waals surface area contributed by atoms with Crippen molar-refractivity contribution >= 4 is 32.6 Å². The SMILES string of the molecule is CC(C)(O)C(C)(O)CCCc1ccc2cc(O)c(N3CC(=O)NS3(=O)=O)cc2c1. The number of hydrogen-bond acceptors (Lipinski definition) is 6. The molecule has 1 aliphatic rings. The summed E-state index contributed by atoms with van der Waals surface area (Å²) in [6.45, 7) is 4.37. The fourth-order valence-corrected chi connectivity index (χ4v) is 4.44. The van der Waals surface area contributed by atoms with Crippen LogP contribution in [0.4, 0.5) is 5.69 Å². The van der Waals surface area contributed by atoms with E-state index in [9.17, 15) is 28.5 Å². The van der Waals surface area contributed by atoms with Gasteiger partial charge in [0.25, 0.3) is 5.91 Å². The minimum absolute atomic E-state index is 0.0398. The molecule has 1 saturated heterocycles. The number of aromatic hydroxyl groups is 1. The summed E-state index contributed by atoms with van der Waals surface area (Å²) in [6.07, 6.45) is 1.71. The van der Waals surface area contributed by atoms with Crippen LogP contribution in [-0.4, -0.2) is 47.4 Å². The molecule has 1 heterocycles. The number of anilines is 1. The minimum atomic E-state index is -4.01. The Bertz CT molecular complexity index is 1060. The maximum atomic E-state index is 12.1. The molecule has 1 unspecified atom stereocenters. The Balaban J connectivity index is 1.84. The minimum Gasteiger partial charge on any atom is -0.506 e. The van der Waals surface area contributed by atoms with Gasteiger partial charge in [-0.2, -0.15) is 8.42 Å². The van der Waals surface area contributed by atoms with E-state index in [2.05, 4.69) is 0 Å². The molecule has 4 N–H and O–H groups in total. The lowest BCUT2D eigenvalue weighted by Gasteiger charge is -2.35. The van der Waals surface area contributed by atoms with Crippen molar-refractivity contribution in [3.8, 4) is 5.75 Å². The van der Waals surface area contributed by atoms with Gasteiger partial charge in [-0.15, -0.1) is 0 Å². The fourth-order valence-electron chi connectivity index (χ4n) is 3.28. The highest BCUT2D eigenvalue weighted by Crippen LogP contribution is 2.35. The Hall–Kier alpha value is -2.36. The van der Waals surface area contributed by atoms with Gasteiger partial charge in [-0.3, -0.25) is 4.79 Å². The average molecular weight is 423 g/mol. The van der Waals surface area contributed by atoms with Crippen molar-refractivity contribution in [1.29, 1.82) is 0 Å². The zero-order valence-electron chi connectivity index (χ0n) is 16.6. The molecule has 2 aromatic carbocycles. The van der Waals surface area contributed by atoms with Crippen molar-refractivity contribution in [3.63, 3.8) is 0 Å². The quantitative estimate of drug-likeness (QED) is 0.560. The Kier molecular flexibility index (Phi) is 5.27. The lowest BCUT2D eigenvalue weighted by atomic mass is 9.83. The Morgan fingerprint density at radius 3 is 2.38 bits per heavy atom. The molecule has 0 radical (unpaired) electrons. The van der Waals surface area contributed by atoms with Crippen molar-refractivity contribution in [1.82, 2.24) is 4.72 Å². The number of fused-ring (bicyclic) bond motifs is 1. The van der Waals surface area contributed by atoms with Crippen LogP contribution in [0.25, 0.3) is 10.8 Å². The summed E-state index contributed by atoms with van der Waals surface area (Å²) in [7, 11) is -4.01. The molecule has 2 aromatic rings. The second kappa shape index (κ2) is 7.16. The number of phenolic OH excluding ortho intramolecular Hbond substituents is 1. The second-order valence-electron chi connectivity index (χ2n) is 8.25. The van der Waals surface area contributed by atoms with E-state index in [1.165, 1.54) is 6.07 Å². The van der Waals surface area contributed by atoms with Gasteiger partial charge in [0.05, 0.1) is 16.9 Å². The van der Waals surface area contributed by atoms with Crippen LogP contribution < -0.4 is 9.03 Å². The van der Waals surface area contributed by atoms with Crippen LogP contribution >= 0.6 is 0 Å². The molecule has 9 heteroatoms. The van der Waals surface area contributed by atoms with Crippen LogP contribution in [0.5, 0.6) is 5.75 Å². The smallest absolute Gasteiger partial charge is 0.326 e. The molecule has 29 heavy (non-hydrogen) atoms. The van der Waals surface area contributed by atoms with Gasteiger partial charge in [0.2, 0.25) is 0 Å². The van der Waals surface area contributed by atoms with E-state index in [0.717, 1.165) is 20.6 Å². The molecule has 8 nitrogen and oxygen atoms in total. The van der Waals surface area contributed by atoms with Gasteiger partial charge in [0, 0.05) is 0 Å². The first kappa shape index (κ1) is 21.4. The summed E-state index contributed by atoms with van der Waals surface area (Å²) in [4.78, 5) is 11.5. The van der Waals surface area contributed by atoms with E-state index in [0.29, 0.717) is 19.3 Å². The molecule has 0 aliphatic carbocycles. The molecular formula is C20H26N2O6S. The van der Waals surface area contributed by atoms with Crippen molar-refractivity contribution in [2.45, 2.75) is 51.2 Å². The molecule has 0 aromatic heterocycles. The van der Waals surface area contributed by atoms with E-state index in [4.69, 9.17) is 0 Å². The van der Waals surface area contributed by atoms with Crippen LogP contribution in [-0.2, 0) is 21.4 Å². The maximum Gasteiger partial charge on any atom is 0.326 e. The summed E-state index contributed by atoms with van der Waals surface area (Å²) in [5.74, 6) is -0.886. The van der Waals surface area contributed by atoms with Crippen LogP contribution in [0, 0.1) is 0 Å². The third-order valence-corrected chi connectivity index (χ3v) is 6.93. The highest BCUT2D eigenvalue weighted by Gasteiger charge is 2.37. The second-order valence-corrected chi connectivity index (χ2v) is 9.84. The number of aryl methyl sites for hydroxylation is 1. The molecule has 1 aliphatic heterocycles. The van der Waals surface area contributed by atoms with E-state index >= 15 is 0 Å². The fraction of sp³-hybridized carbons (Fsp3) is 0.450. The molecule has 3 rings (SSSR count). The zero-order valence-corrected chi connectivity index (χ0v) is 17.5. The third-order valence-electron chi connectivity index (χ3n) is 5.53. The van der Waals surface area contributed by atoms with Gasteiger partial charge >= 0.3 is 10.2 Å². The van der Waals surface area contributed by atoms with Crippen molar-refractivity contribution in [2.75, 3.05) is 10.8 Å². The number of carbonyl (C=O) groups excluding carboxylic acids is 1. The standard InChI is InChI=1S/C20H26N2O6S/c1-19(2,25)20(3,26)8-4-5-13-6-7-14-11-17(23)16(10-15(14)9-13)22-12-18(24)21-29(22,27)28/h6-7,9-11,23,25-26H,4-5,8,12H2,1-3H3,(H,21,24). The van der Waals surface area contributed by atoms with Crippen molar-refractivity contribution in [2.24, 2.45) is 0 Å². The van der Waals surface area contributed by atoms with E-state index in [-0.39, 0.29) is 18.0 Å². The largest absolute Gasteiger partial charge is 0.506 e. The number of nitrogens with one attached hydrogen (secondary N) is 1. The van der Waals surface area contributed by atoms with Gasteiger partial charge in [0.1, 0.15) is 12.3 Å². The Labute approximate surface area is 170 Å². The summed E-state index contributed by atoms with van der Waals surface area (Å²) in [6, 6.07) is 8.61. The first-order valence-corrected chi connectivity index (χ1v) is 10.8. The maximum absolute atomic E-state index is 12.1. The number of hydrogen-bond donors (Lipinski definition) is 4.